The second-order valence-corrected chi connectivity index (χ2v) is 10.8. The molecule has 0 atom stereocenters. The van der Waals surface area contributed by atoms with Gasteiger partial charge in [-0.3, -0.25) is 14.7 Å². The number of benzene rings is 2. The van der Waals surface area contributed by atoms with Crippen LogP contribution in [0.2, 0.25) is 0 Å². The third kappa shape index (κ3) is 4.66. The van der Waals surface area contributed by atoms with Crippen LogP contribution in [-0.2, 0) is 33.3 Å². The fraction of sp³-hybridized carbons (Fsp3) is 0.292. The number of hydrogen-bond acceptors (Lipinski definition) is 6. The van der Waals surface area contributed by atoms with Gasteiger partial charge in [0.05, 0.1) is 34.8 Å². The average molecular weight is 518 g/mol. The fourth-order valence-electron chi connectivity index (χ4n) is 4.32. The number of sulfonamides is 1. The van der Waals surface area contributed by atoms with Crippen LogP contribution in [0.5, 0.6) is 0 Å². The van der Waals surface area contributed by atoms with Crippen LogP contribution in [0.15, 0.2) is 47.4 Å². The topological polar surface area (TPSA) is 124 Å². The molecule has 0 saturated carbocycles. The highest BCUT2D eigenvalue weighted by molar-refractivity contribution is 7.89. The third-order valence-corrected chi connectivity index (χ3v) is 8.06. The number of Topliss-reactive ketones (excluding diaryl/α,β-unsaturated/α-hetero) is 1. The minimum absolute atomic E-state index is 0.0746. The summed E-state index contributed by atoms with van der Waals surface area (Å²) in [4.78, 5) is 24.7. The Hall–Kier alpha value is -3.48. The molecular weight excluding hydrogens is 492 g/mol. The Morgan fingerprint density at radius 2 is 1.81 bits per heavy atom. The lowest BCUT2D eigenvalue weighted by Crippen LogP contribution is -2.40. The molecule has 190 valence electrons. The Morgan fingerprint density at radius 3 is 2.47 bits per heavy atom. The first-order chi connectivity index (χ1) is 16.9. The number of amides is 1. The number of nitrogens with one attached hydrogen (secondary N) is 3. The third-order valence-electron chi connectivity index (χ3n) is 6.06. The van der Waals surface area contributed by atoms with Gasteiger partial charge in [0, 0.05) is 29.4 Å². The van der Waals surface area contributed by atoms with Crippen molar-refractivity contribution in [2.75, 3.05) is 18.9 Å². The van der Waals surface area contributed by atoms with Gasteiger partial charge in [-0.05, 0) is 45.2 Å². The van der Waals surface area contributed by atoms with Crippen molar-refractivity contribution in [1.29, 1.82) is 0 Å². The van der Waals surface area contributed by atoms with E-state index in [4.69, 9.17) is 0 Å². The summed E-state index contributed by atoms with van der Waals surface area (Å²) in [6.45, 7) is 3.20. The van der Waals surface area contributed by atoms with Gasteiger partial charge in [-0.15, -0.1) is 0 Å². The molecule has 12 heteroatoms. The second-order valence-electron chi connectivity index (χ2n) is 8.93. The Kier molecular flexibility index (Phi) is 6.78. The van der Waals surface area contributed by atoms with Crippen molar-refractivity contribution >= 4 is 27.4 Å². The molecule has 1 aliphatic heterocycles. The number of carbonyl (C=O) groups is 2. The van der Waals surface area contributed by atoms with Gasteiger partial charge < -0.3 is 10.6 Å². The first kappa shape index (κ1) is 25.6. The number of para-hydroxylation sites is 1. The van der Waals surface area contributed by atoms with E-state index in [1.54, 1.807) is 45.2 Å². The number of halogens is 2. The molecule has 0 fully saturated rings. The summed E-state index contributed by atoms with van der Waals surface area (Å²) in [5.74, 6) is -2.63. The molecule has 0 aliphatic carbocycles. The average Bonchev–Trinajstić information content (AvgIpc) is 3.32. The summed E-state index contributed by atoms with van der Waals surface area (Å²) in [6, 6.07) is 8.71. The van der Waals surface area contributed by atoms with Crippen LogP contribution in [0.1, 0.15) is 41.2 Å². The number of H-pyrrole nitrogens is 1. The minimum Gasteiger partial charge on any atom is -0.324 e. The van der Waals surface area contributed by atoms with E-state index in [9.17, 15) is 26.8 Å². The first-order valence-corrected chi connectivity index (χ1v) is 12.5. The molecule has 36 heavy (non-hydrogen) atoms. The van der Waals surface area contributed by atoms with Crippen LogP contribution in [-0.4, -0.2) is 48.2 Å². The molecule has 2 heterocycles. The maximum atomic E-state index is 13.8. The fourth-order valence-corrected chi connectivity index (χ4v) is 6.08. The summed E-state index contributed by atoms with van der Waals surface area (Å²) >= 11 is 0. The Balaban J connectivity index is 1.62. The highest BCUT2D eigenvalue weighted by Gasteiger charge is 2.48. The Morgan fingerprint density at radius 1 is 1.14 bits per heavy atom. The van der Waals surface area contributed by atoms with Crippen LogP contribution >= 0.6 is 0 Å². The van der Waals surface area contributed by atoms with Crippen LogP contribution in [0.4, 0.5) is 14.5 Å². The summed E-state index contributed by atoms with van der Waals surface area (Å²) in [6.07, 6.45) is -0.125. The largest absolute Gasteiger partial charge is 0.324 e. The van der Waals surface area contributed by atoms with Gasteiger partial charge in [-0.2, -0.15) is 9.40 Å². The van der Waals surface area contributed by atoms with Crippen LogP contribution in [0, 0.1) is 11.6 Å². The number of ketones is 1. The molecule has 9 nitrogen and oxygen atoms in total. The normalized spacial score (nSPS) is 15.0. The molecule has 1 aromatic heterocycles. The lowest BCUT2D eigenvalue weighted by atomic mass is 9.99. The first-order valence-electron chi connectivity index (χ1n) is 11.1. The lowest BCUT2D eigenvalue weighted by molar-refractivity contribution is -0.115. The van der Waals surface area contributed by atoms with Crippen molar-refractivity contribution in [3.05, 3.63) is 76.6 Å². The van der Waals surface area contributed by atoms with Gasteiger partial charge in [0.25, 0.3) is 0 Å². The standard InChI is InChI=1S/C24H25F2N5O4S/c1-24(2)23-18(13-31(24)36(34,35)16-9-14(25)8-15(26)10-16)20(29-30-23)11-21(32)17-6-4-5-7-19(17)28-22(33)12-27-3/h4-10,27H,11-13H2,1-3H3,(H,28,33)(H,29,30). The maximum absolute atomic E-state index is 13.8. The summed E-state index contributed by atoms with van der Waals surface area (Å²) in [7, 11) is -2.66. The maximum Gasteiger partial charge on any atom is 0.244 e. The Bertz CT molecular complexity index is 1430. The number of carbonyl (C=O) groups excluding carboxylic acids is 2. The van der Waals surface area contributed by atoms with Crippen molar-refractivity contribution in [3.8, 4) is 0 Å². The number of rotatable bonds is 8. The number of anilines is 1. The summed E-state index contributed by atoms with van der Waals surface area (Å²) < 4.78 is 55.3. The molecule has 0 saturated heterocycles. The molecule has 0 spiro atoms. The van der Waals surface area contributed by atoms with E-state index >= 15 is 0 Å². The molecule has 1 amide bonds. The number of fused-ring (bicyclic) bond motifs is 1. The predicted octanol–water partition coefficient (Wildman–Crippen LogP) is 2.71. The second kappa shape index (κ2) is 9.52. The number of nitrogens with zero attached hydrogens (tertiary/aromatic N) is 2. The molecule has 0 radical (unpaired) electrons. The number of aromatic nitrogens is 2. The van der Waals surface area contributed by atoms with E-state index in [0.717, 1.165) is 16.4 Å². The van der Waals surface area contributed by atoms with Crippen LogP contribution in [0.25, 0.3) is 0 Å². The van der Waals surface area contributed by atoms with E-state index in [1.807, 2.05) is 0 Å². The van der Waals surface area contributed by atoms with Gasteiger partial charge in [-0.25, -0.2) is 17.2 Å². The lowest BCUT2D eigenvalue weighted by Gasteiger charge is -2.30. The van der Waals surface area contributed by atoms with E-state index in [2.05, 4.69) is 20.8 Å². The monoisotopic (exact) mass is 517 g/mol. The molecule has 2 aromatic carbocycles. The highest BCUT2D eigenvalue weighted by Crippen LogP contribution is 2.42. The molecule has 0 unspecified atom stereocenters. The van der Waals surface area contributed by atoms with E-state index in [0.29, 0.717) is 34.3 Å². The zero-order chi connectivity index (χ0) is 26.3. The van der Waals surface area contributed by atoms with Crippen molar-refractivity contribution in [1.82, 2.24) is 19.8 Å². The molecule has 3 aromatic rings. The van der Waals surface area contributed by atoms with Crippen LogP contribution in [0.3, 0.4) is 0 Å². The summed E-state index contributed by atoms with van der Waals surface area (Å²) in [5, 5.41) is 12.5. The zero-order valence-electron chi connectivity index (χ0n) is 19.9. The molecular formula is C24H25F2N5O4S. The zero-order valence-corrected chi connectivity index (χ0v) is 20.7. The van der Waals surface area contributed by atoms with Crippen molar-refractivity contribution in [2.45, 2.75) is 37.2 Å². The molecule has 1 aliphatic rings. The number of likely N-dealkylation sites (N-methyl/N-ethyl adjacent to an activating group) is 1. The van der Waals surface area contributed by atoms with E-state index in [-0.39, 0.29) is 31.2 Å². The number of hydrogen-bond donors (Lipinski definition) is 3. The minimum atomic E-state index is -4.29. The van der Waals surface area contributed by atoms with Gasteiger partial charge in [0.1, 0.15) is 11.6 Å². The molecule has 0 bridgehead atoms. The van der Waals surface area contributed by atoms with Gasteiger partial charge >= 0.3 is 0 Å². The molecule has 3 N–H and O–H groups in total. The van der Waals surface area contributed by atoms with Gasteiger partial charge in [-0.1, -0.05) is 12.1 Å². The van der Waals surface area contributed by atoms with Crippen molar-refractivity contribution in [3.63, 3.8) is 0 Å². The number of aromatic amines is 1. The van der Waals surface area contributed by atoms with Gasteiger partial charge in [0.15, 0.2) is 5.78 Å². The summed E-state index contributed by atoms with van der Waals surface area (Å²) in [5.41, 5.74) is 0.863. The van der Waals surface area contributed by atoms with E-state index < -0.39 is 32.1 Å². The highest BCUT2D eigenvalue weighted by atomic mass is 32.2. The Labute approximate surface area is 206 Å². The quantitative estimate of drug-likeness (QED) is 0.395. The van der Waals surface area contributed by atoms with Crippen LogP contribution < -0.4 is 10.6 Å². The van der Waals surface area contributed by atoms with E-state index in [1.165, 1.54) is 0 Å². The SMILES string of the molecule is CNCC(=O)Nc1ccccc1C(=O)Cc1[nH]nc2c1CN(S(=O)(=O)c1cc(F)cc(F)c1)C2(C)C. The van der Waals surface area contributed by atoms with Crippen molar-refractivity contribution < 1.29 is 26.8 Å². The molecule has 4 rings (SSSR count). The van der Waals surface area contributed by atoms with Crippen molar-refractivity contribution in [2.24, 2.45) is 0 Å². The van der Waals surface area contributed by atoms with Gasteiger partial charge in [0.2, 0.25) is 15.9 Å². The predicted molar refractivity (Wildman–Crippen MR) is 128 cm³/mol. The smallest absolute Gasteiger partial charge is 0.244 e.